The number of alkyl carbamates (subject to hydrolysis) is 1. The molecule has 3 aromatic carbocycles. The Morgan fingerprint density at radius 1 is 0.889 bits per heavy atom. The van der Waals surface area contributed by atoms with Crippen molar-refractivity contribution in [3.8, 4) is 0 Å². The number of esters is 2. The molecule has 45 heavy (non-hydrogen) atoms. The molecule has 3 unspecified atom stereocenters. The van der Waals surface area contributed by atoms with Crippen LogP contribution in [0.2, 0.25) is 0 Å². The van der Waals surface area contributed by atoms with Gasteiger partial charge in [0.25, 0.3) is 0 Å². The lowest BCUT2D eigenvalue weighted by Crippen LogP contribution is -2.71. The number of rotatable bonds is 8. The summed E-state index contributed by atoms with van der Waals surface area (Å²) in [5.41, 5.74) is 1.47. The van der Waals surface area contributed by atoms with Crippen molar-refractivity contribution < 1.29 is 33.4 Å². The van der Waals surface area contributed by atoms with Gasteiger partial charge >= 0.3 is 18.0 Å². The van der Waals surface area contributed by atoms with Gasteiger partial charge in [0.15, 0.2) is 0 Å². The van der Waals surface area contributed by atoms with E-state index in [0.717, 1.165) is 29.9 Å². The minimum Gasteiger partial charge on any atom is -0.459 e. The Morgan fingerprint density at radius 2 is 1.51 bits per heavy atom. The van der Waals surface area contributed by atoms with Crippen molar-refractivity contribution in [3.63, 3.8) is 0 Å². The molecule has 3 aliphatic heterocycles. The van der Waals surface area contributed by atoms with Crippen molar-refractivity contribution in [1.82, 2.24) is 15.5 Å². The van der Waals surface area contributed by atoms with E-state index in [-0.39, 0.29) is 18.1 Å². The van der Waals surface area contributed by atoms with Crippen LogP contribution in [0.5, 0.6) is 0 Å². The van der Waals surface area contributed by atoms with E-state index < -0.39 is 52.2 Å². The van der Waals surface area contributed by atoms with E-state index in [0.29, 0.717) is 5.56 Å². The second-order valence-corrected chi connectivity index (χ2v) is 13.7. The maximum Gasteiger partial charge on any atom is 0.416 e. The Bertz CT molecular complexity index is 1570. The van der Waals surface area contributed by atoms with Gasteiger partial charge in [0.05, 0.1) is 10.3 Å². The quantitative estimate of drug-likeness (QED) is 0.212. The number of ether oxygens (including phenoxy) is 2. The molecule has 0 aliphatic carbocycles. The first-order chi connectivity index (χ1) is 21.9. The molecule has 3 heterocycles. The fourth-order valence-corrected chi connectivity index (χ4v) is 9.27. The van der Waals surface area contributed by atoms with E-state index in [4.69, 9.17) is 9.47 Å². The molecule has 0 bridgehead atoms. The predicted molar refractivity (Wildman–Crippen MR) is 169 cm³/mol. The third kappa shape index (κ3) is 6.43. The molecule has 0 radical (unpaired) electrons. The molecule has 0 aromatic heterocycles. The number of carbonyl (C=O) groups excluding carboxylic acids is 5. The van der Waals surface area contributed by atoms with Crippen LogP contribution in [-0.4, -0.2) is 68.5 Å². The van der Waals surface area contributed by atoms with Crippen LogP contribution < -0.4 is 10.6 Å². The van der Waals surface area contributed by atoms with Crippen LogP contribution >= 0.6 is 23.5 Å². The monoisotopic (exact) mass is 645 g/mol. The third-order valence-corrected chi connectivity index (χ3v) is 11.0. The zero-order valence-electron chi connectivity index (χ0n) is 24.1. The van der Waals surface area contributed by atoms with Crippen molar-refractivity contribution in [2.45, 2.75) is 47.7 Å². The fraction of sp³-hybridized carbons (Fsp3) is 0.303. The average molecular weight is 646 g/mol. The van der Waals surface area contributed by atoms with Crippen LogP contribution in [-0.2, 0) is 30.5 Å². The summed E-state index contributed by atoms with van der Waals surface area (Å²) >= 11 is 3.35. The van der Waals surface area contributed by atoms with E-state index in [1.54, 1.807) is 65.2 Å². The highest BCUT2D eigenvalue weighted by Crippen LogP contribution is 2.56. The van der Waals surface area contributed by atoms with Gasteiger partial charge in [0.2, 0.25) is 11.8 Å². The van der Waals surface area contributed by atoms with Crippen LogP contribution in [0.4, 0.5) is 4.79 Å². The van der Waals surface area contributed by atoms with E-state index in [1.807, 2.05) is 42.1 Å². The largest absolute Gasteiger partial charge is 0.459 e. The molecule has 1 spiro atoms. The van der Waals surface area contributed by atoms with Crippen molar-refractivity contribution >= 4 is 53.4 Å². The Hall–Kier alpha value is -4.29. The molecule has 2 N–H and O–H groups in total. The van der Waals surface area contributed by atoms with Gasteiger partial charge in [-0.25, -0.2) is 14.4 Å². The van der Waals surface area contributed by atoms with Gasteiger partial charge in [0.1, 0.15) is 30.1 Å². The van der Waals surface area contributed by atoms with Gasteiger partial charge in [-0.1, -0.05) is 78.9 Å². The maximum absolute atomic E-state index is 13.7. The summed E-state index contributed by atoms with van der Waals surface area (Å²) in [6.07, 6.45) is 0.345. The van der Waals surface area contributed by atoms with Crippen molar-refractivity contribution in [2.75, 3.05) is 11.5 Å². The summed E-state index contributed by atoms with van der Waals surface area (Å²) < 4.78 is 10.2. The van der Waals surface area contributed by atoms with Crippen molar-refractivity contribution in [1.29, 1.82) is 0 Å². The topological polar surface area (TPSA) is 131 Å². The molecule has 6 rings (SSSR count). The molecule has 3 aliphatic rings. The first kappa shape index (κ1) is 30.7. The Morgan fingerprint density at radius 3 is 2.18 bits per heavy atom. The summed E-state index contributed by atoms with van der Waals surface area (Å²) in [5.74, 6) is -0.642. The first-order valence-corrected chi connectivity index (χ1v) is 16.6. The SMILES string of the molecule is O=C(NC(C(=O)NC1C(=O)N2C(C(=O)OCc3ccccc3)C3(CCSCC3)S[C@@H]12)c1ccccc1)OC(=O)c1ccccc1. The smallest absolute Gasteiger partial charge is 0.416 e. The Balaban J connectivity index is 1.16. The lowest BCUT2D eigenvalue weighted by Gasteiger charge is -2.44. The summed E-state index contributed by atoms with van der Waals surface area (Å²) in [4.78, 5) is 67.6. The number of thioether (sulfide) groups is 2. The molecule has 3 fully saturated rings. The van der Waals surface area contributed by atoms with E-state index in [9.17, 15) is 24.0 Å². The highest BCUT2D eigenvalue weighted by atomic mass is 32.2. The summed E-state index contributed by atoms with van der Waals surface area (Å²) in [7, 11) is 0. The van der Waals surface area contributed by atoms with Crippen molar-refractivity contribution in [2.24, 2.45) is 0 Å². The molecule has 10 nitrogen and oxygen atoms in total. The predicted octanol–water partition coefficient (Wildman–Crippen LogP) is 4.07. The summed E-state index contributed by atoms with van der Waals surface area (Å²) in [5, 5.41) is 4.81. The van der Waals surface area contributed by atoms with Crippen molar-refractivity contribution in [3.05, 3.63) is 108 Å². The highest BCUT2D eigenvalue weighted by Gasteiger charge is 2.67. The van der Waals surface area contributed by atoms with Crippen LogP contribution in [0.25, 0.3) is 0 Å². The highest BCUT2D eigenvalue weighted by molar-refractivity contribution is 8.02. The van der Waals surface area contributed by atoms with Crippen LogP contribution in [0.15, 0.2) is 91.0 Å². The molecular weight excluding hydrogens is 615 g/mol. The molecule has 0 saturated carbocycles. The first-order valence-electron chi connectivity index (χ1n) is 14.6. The number of benzene rings is 3. The molecule has 3 aromatic rings. The Kier molecular flexibility index (Phi) is 9.13. The normalized spacial score (nSPS) is 22.0. The lowest BCUT2D eigenvalue weighted by atomic mass is 9.88. The van der Waals surface area contributed by atoms with Gasteiger partial charge in [0, 0.05) is 0 Å². The maximum atomic E-state index is 13.7. The van der Waals surface area contributed by atoms with E-state index in [1.165, 1.54) is 12.1 Å². The summed E-state index contributed by atoms with van der Waals surface area (Å²) in [6, 6.07) is 22.9. The number of carbonyl (C=O) groups is 5. The molecule has 4 atom stereocenters. The fourth-order valence-electron chi connectivity index (χ4n) is 5.87. The molecule has 12 heteroatoms. The third-order valence-electron chi connectivity index (χ3n) is 8.15. The van der Waals surface area contributed by atoms with Gasteiger partial charge in [-0.3, -0.25) is 9.59 Å². The molecule has 3 saturated heterocycles. The number of β-lactam (4-membered cyclic amide) rings is 1. The minimum atomic E-state index is -1.25. The van der Waals surface area contributed by atoms with Gasteiger partial charge in [-0.05, 0) is 47.6 Å². The van der Waals surface area contributed by atoms with Gasteiger partial charge in [-0.2, -0.15) is 11.8 Å². The number of hydrogen-bond acceptors (Lipinski definition) is 9. The number of nitrogens with one attached hydrogen (secondary N) is 2. The average Bonchev–Trinajstić information content (AvgIpc) is 3.36. The van der Waals surface area contributed by atoms with Crippen LogP contribution in [0.1, 0.15) is 40.4 Å². The molecule has 232 valence electrons. The van der Waals surface area contributed by atoms with Gasteiger partial charge < -0.3 is 25.0 Å². The minimum absolute atomic E-state index is 0.103. The van der Waals surface area contributed by atoms with E-state index in [2.05, 4.69) is 10.6 Å². The van der Waals surface area contributed by atoms with Gasteiger partial charge in [-0.15, -0.1) is 11.8 Å². The second-order valence-electron chi connectivity index (χ2n) is 10.9. The number of fused-ring (bicyclic) bond motifs is 1. The van der Waals surface area contributed by atoms with Crippen LogP contribution in [0.3, 0.4) is 0 Å². The van der Waals surface area contributed by atoms with E-state index >= 15 is 0 Å². The number of amides is 3. The summed E-state index contributed by atoms with van der Waals surface area (Å²) in [6.45, 7) is 0.103. The lowest BCUT2D eigenvalue weighted by molar-refractivity contribution is -0.165. The standard InChI is InChI=1S/C33H31N3O7S2/c37-27(24(22-12-6-2-7-13-22)35-32(41)43-30(39)23-14-8-3-9-15-23)34-25-28(38)36-26(31(40)42-20-21-10-4-1-5-11-21)33(45-29(25)36)16-18-44-19-17-33/h1-15,24-26,29H,16-20H2,(H,34,37)(H,35,41)/t24?,25?,26?,29-/m0/s1. The zero-order chi connectivity index (χ0) is 31.4. The van der Waals surface area contributed by atoms with Crippen LogP contribution in [0, 0.1) is 0 Å². The number of hydrogen-bond donors (Lipinski definition) is 2. The second kappa shape index (κ2) is 13.4. The zero-order valence-corrected chi connectivity index (χ0v) is 25.8. The molecular formula is C33H31N3O7S2. The number of nitrogens with zero attached hydrogens (tertiary/aromatic N) is 1. The Labute approximate surface area is 268 Å². The molecule has 3 amide bonds.